The van der Waals surface area contributed by atoms with E-state index in [-0.39, 0.29) is 26.8 Å². The van der Waals surface area contributed by atoms with Gasteiger partial charge in [-0.2, -0.15) is 13.2 Å². The van der Waals surface area contributed by atoms with Gasteiger partial charge in [0.05, 0.1) is 16.5 Å². The van der Waals surface area contributed by atoms with Crippen molar-refractivity contribution in [1.82, 2.24) is 4.90 Å². The first kappa shape index (κ1) is 21.6. The van der Waals surface area contributed by atoms with Crippen molar-refractivity contribution in [2.24, 2.45) is 5.73 Å². The number of nitrogens with one attached hydrogen (secondary N) is 2. The molecule has 6 nitrogen and oxygen atoms in total. The Labute approximate surface area is 181 Å². The maximum absolute atomic E-state index is 13.0. The quantitative estimate of drug-likeness (QED) is 0.617. The molecule has 3 heterocycles. The first-order valence-corrected chi connectivity index (χ1v) is 10.7. The number of benzene rings is 1. The molecule has 0 unspecified atom stereocenters. The van der Waals surface area contributed by atoms with Crippen molar-refractivity contribution in [3.8, 4) is 5.75 Å². The third-order valence-corrected chi connectivity index (χ3v) is 7.23. The number of ether oxygens (including phenoxy) is 1. The Morgan fingerprint density at radius 3 is 2.65 bits per heavy atom. The predicted octanol–water partition coefficient (Wildman–Crippen LogP) is 3.75. The second-order valence-electron chi connectivity index (χ2n) is 7.87. The Hall–Kier alpha value is -2.59. The molecule has 4 rings (SSSR count). The van der Waals surface area contributed by atoms with E-state index < -0.39 is 11.9 Å². The van der Waals surface area contributed by atoms with E-state index in [1.54, 1.807) is 4.90 Å². The zero-order valence-corrected chi connectivity index (χ0v) is 17.8. The third kappa shape index (κ3) is 3.78. The summed E-state index contributed by atoms with van der Waals surface area (Å²) >= 11 is 0.941. The van der Waals surface area contributed by atoms with Gasteiger partial charge in [-0.1, -0.05) is 12.1 Å². The number of carbonyl (C=O) groups is 1. The summed E-state index contributed by atoms with van der Waals surface area (Å²) in [6.07, 6.45) is -3.37. The molecule has 0 radical (unpaired) electrons. The minimum atomic E-state index is -4.78. The summed E-state index contributed by atoms with van der Waals surface area (Å²) in [6.45, 7) is 1.95. The van der Waals surface area contributed by atoms with Gasteiger partial charge in [-0.25, -0.2) is 0 Å². The number of piperidine rings is 1. The van der Waals surface area contributed by atoms with Gasteiger partial charge in [0.1, 0.15) is 11.5 Å². The van der Waals surface area contributed by atoms with Crippen molar-refractivity contribution in [2.75, 3.05) is 32.1 Å². The smallest absolute Gasteiger partial charge is 0.433 e. The van der Waals surface area contributed by atoms with Crippen LogP contribution in [0.1, 0.15) is 39.2 Å². The second-order valence-corrected chi connectivity index (χ2v) is 8.92. The van der Waals surface area contributed by atoms with Crippen LogP contribution in [0.25, 0.3) is 0 Å². The first-order valence-electron chi connectivity index (χ1n) is 9.92. The molecule has 31 heavy (non-hydrogen) atoms. The van der Waals surface area contributed by atoms with Gasteiger partial charge in [-0.3, -0.25) is 10.2 Å². The fourth-order valence-corrected chi connectivity index (χ4v) is 5.25. The number of nitrogens with zero attached hydrogens (tertiary/aromatic N) is 1. The van der Waals surface area contributed by atoms with E-state index in [1.807, 2.05) is 12.1 Å². The number of hydrogen-bond donors (Lipinski definition) is 3. The number of fused-ring (bicyclic) bond motifs is 2. The van der Waals surface area contributed by atoms with Crippen LogP contribution >= 0.6 is 11.3 Å². The van der Waals surface area contributed by atoms with Crippen LogP contribution in [0, 0.1) is 5.41 Å². The number of hydrogen-bond acceptors (Lipinski definition) is 6. The summed E-state index contributed by atoms with van der Waals surface area (Å²) in [4.78, 5) is 14.9. The first-order chi connectivity index (χ1) is 14.7. The van der Waals surface area contributed by atoms with Gasteiger partial charge in [0.2, 0.25) is 0 Å². The number of anilines is 1. The zero-order chi connectivity index (χ0) is 22.4. The summed E-state index contributed by atoms with van der Waals surface area (Å²) < 4.78 is 44.9. The molecule has 0 atom stereocenters. The third-order valence-electron chi connectivity index (χ3n) is 6.09. The molecule has 1 amide bonds. The van der Waals surface area contributed by atoms with Crippen molar-refractivity contribution >= 4 is 28.0 Å². The average molecular weight is 453 g/mol. The largest absolute Gasteiger partial charge is 0.492 e. The van der Waals surface area contributed by atoms with Crippen molar-refractivity contribution < 1.29 is 22.7 Å². The lowest BCUT2D eigenvalue weighted by atomic mass is 9.74. The van der Waals surface area contributed by atoms with E-state index in [0.29, 0.717) is 39.1 Å². The SMILES string of the molecule is CNc1sc(C(=O)N2CCC3(CC2)COc2ccc(CN)cc23)cc1C(=N)C(F)(F)F. The zero-order valence-electron chi connectivity index (χ0n) is 16.9. The molecule has 2 aliphatic rings. The molecule has 1 fully saturated rings. The molecule has 0 saturated carbocycles. The van der Waals surface area contributed by atoms with Gasteiger partial charge >= 0.3 is 6.18 Å². The molecule has 0 aliphatic carbocycles. The molecular weight excluding hydrogens is 429 g/mol. The summed E-state index contributed by atoms with van der Waals surface area (Å²) in [6, 6.07) is 7.13. The maximum atomic E-state index is 13.0. The Morgan fingerprint density at radius 1 is 1.32 bits per heavy atom. The summed E-state index contributed by atoms with van der Waals surface area (Å²) in [5.41, 5.74) is 5.99. The van der Waals surface area contributed by atoms with Gasteiger partial charge in [0.15, 0.2) is 0 Å². The lowest BCUT2D eigenvalue weighted by Crippen LogP contribution is -2.45. The van der Waals surface area contributed by atoms with Crippen LogP contribution in [0.3, 0.4) is 0 Å². The number of rotatable bonds is 4. The lowest BCUT2D eigenvalue weighted by molar-refractivity contribution is -0.0587. The van der Waals surface area contributed by atoms with Gasteiger partial charge < -0.3 is 20.7 Å². The summed E-state index contributed by atoms with van der Waals surface area (Å²) in [7, 11) is 1.48. The predicted molar refractivity (Wildman–Crippen MR) is 113 cm³/mol. The second kappa shape index (κ2) is 7.83. The number of alkyl halides is 3. The Kier molecular flexibility index (Phi) is 5.47. The molecule has 1 aromatic carbocycles. The molecule has 4 N–H and O–H groups in total. The molecular formula is C21H23F3N4O2S. The van der Waals surface area contributed by atoms with Crippen LogP contribution < -0.4 is 15.8 Å². The Bertz CT molecular complexity index is 1030. The van der Waals surface area contributed by atoms with E-state index >= 15 is 0 Å². The topological polar surface area (TPSA) is 91.4 Å². The van der Waals surface area contributed by atoms with E-state index in [9.17, 15) is 18.0 Å². The number of thiophene rings is 1. The van der Waals surface area contributed by atoms with E-state index in [0.717, 1.165) is 28.2 Å². The van der Waals surface area contributed by atoms with Crippen molar-refractivity contribution in [3.63, 3.8) is 0 Å². The van der Waals surface area contributed by atoms with E-state index in [4.69, 9.17) is 15.9 Å². The Balaban J connectivity index is 1.51. The highest BCUT2D eigenvalue weighted by Crippen LogP contribution is 2.46. The minimum Gasteiger partial charge on any atom is -0.492 e. The van der Waals surface area contributed by atoms with Crippen LogP contribution in [-0.4, -0.2) is 49.4 Å². The van der Waals surface area contributed by atoms with Crippen LogP contribution in [0.15, 0.2) is 24.3 Å². The maximum Gasteiger partial charge on any atom is 0.433 e. The minimum absolute atomic E-state index is 0.159. The fraction of sp³-hybridized carbons (Fsp3) is 0.429. The number of likely N-dealkylation sites (tertiary alicyclic amines) is 1. The molecule has 2 aromatic rings. The van der Waals surface area contributed by atoms with E-state index in [2.05, 4.69) is 11.4 Å². The van der Waals surface area contributed by atoms with Gasteiger partial charge in [-0.15, -0.1) is 11.3 Å². The lowest BCUT2D eigenvalue weighted by Gasteiger charge is -2.38. The number of amides is 1. The molecule has 1 aromatic heterocycles. The average Bonchev–Trinajstić information content (AvgIpc) is 3.34. The van der Waals surface area contributed by atoms with Crippen LogP contribution in [-0.2, 0) is 12.0 Å². The molecule has 0 bridgehead atoms. The van der Waals surface area contributed by atoms with Gasteiger partial charge in [0, 0.05) is 43.2 Å². The van der Waals surface area contributed by atoms with Crippen LogP contribution in [0.4, 0.5) is 18.2 Å². The van der Waals surface area contributed by atoms with Crippen molar-refractivity contribution in [1.29, 1.82) is 5.41 Å². The molecule has 1 saturated heterocycles. The highest BCUT2D eigenvalue weighted by atomic mass is 32.1. The van der Waals surface area contributed by atoms with Crippen LogP contribution in [0.2, 0.25) is 0 Å². The number of nitrogens with two attached hydrogens (primary N) is 1. The van der Waals surface area contributed by atoms with Crippen molar-refractivity contribution in [2.45, 2.75) is 31.0 Å². The summed E-state index contributed by atoms with van der Waals surface area (Å²) in [5, 5.41) is 10.3. The highest BCUT2D eigenvalue weighted by Gasteiger charge is 2.44. The van der Waals surface area contributed by atoms with E-state index in [1.165, 1.54) is 13.1 Å². The molecule has 2 aliphatic heterocycles. The monoisotopic (exact) mass is 452 g/mol. The normalized spacial score (nSPS) is 17.4. The van der Waals surface area contributed by atoms with Crippen LogP contribution in [0.5, 0.6) is 5.75 Å². The summed E-state index contributed by atoms with van der Waals surface area (Å²) in [5.74, 6) is 0.539. The standard InChI is InChI=1S/C21H23F3N4O2S/c1-27-18-13(17(26)21(22,23)24)9-16(31-18)19(29)28-6-4-20(5-7-28)11-30-15-3-2-12(10-25)8-14(15)20/h2-3,8-9,26-27H,4-7,10-11,25H2,1H3. The van der Waals surface area contributed by atoms with Gasteiger partial charge in [-0.05, 0) is 30.5 Å². The molecule has 10 heteroatoms. The van der Waals surface area contributed by atoms with Gasteiger partial charge in [0.25, 0.3) is 5.91 Å². The highest BCUT2D eigenvalue weighted by molar-refractivity contribution is 7.18. The molecule has 1 spiro atoms. The Morgan fingerprint density at radius 2 is 2.03 bits per heavy atom. The fourth-order valence-electron chi connectivity index (χ4n) is 4.27. The van der Waals surface area contributed by atoms with Crippen molar-refractivity contribution in [3.05, 3.63) is 45.8 Å². The molecule has 166 valence electrons. The number of halogens is 3. The number of carbonyl (C=O) groups excluding carboxylic acids is 1.